The van der Waals surface area contributed by atoms with Crippen molar-refractivity contribution in [3.8, 4) is 10.4 Å². The zero-order chi connectivity index (χ0) is 28.9. The van der Waals surface area contributed by atoms with Crippen LogP contribution in [0.5, 0.6) is 0 Å². The quantitative estimate of drug-likeness (QED) is 0.256. The summed E-state index contributed by atoms with van der Waals surface area (Å²) in [6.45, 7) is 5.80. The van der Waals surface area contributed by atoms with E-state index in [1.54, 1.807) is 39.1 Å². The van der Waals surface area contributed by atoms with Crippen LogP contribution in [0.15, 0.2) is 59.6 Å². The average molecular weight is 588 g/mol. The molecule has 4 rings (SSSR count). The highest BCUT2D eigenvalue weighted by atomic mass is 32.2. The van der Waals surface area contributed by atoms with Crippen LogP contribution in [0.1, 0.15) is 50.3 Å². The molecule has 0 saturated carbocycles. The van der Waals surface area contributed by atoms with Gasteiger partial charge in [0.05, 0.1) is 22.4 Å². The maximum absolute atomic E-state index is 13.5. The normalized spacial score (nSPS) is 17.7. The van der Waals surface area contributed by atoms with Crippen molar-refractivity contribution in [3.05, 3.63) is 65.3 Å². The van der Waals surface area contributed by atoms with E-state index in [4.69, 9.17) is 9.84 Å². The standard InChI is InChI=1S/C27H33N5O6S2/c1-27(2,3)32-40(36,37)23-13-18(30-25(33)29-14-17-7-5-4-6-8-17)9-11-20(23)22-15-28-24(39-22)21-12-10-19(16-38-21)31-26(34)35/h4-9,11,13,15,19,21,31-32H,10,12,14,16H2,1-3H3,(H,34,35)(H2,29,30,33). The molecule has 2 heterocycles. The predicted molar refractivity (Wildman–Crippen MR) is 153 cm³/mol. The fraction of sp³-hybridized carbons (Fsp3) is 0.370. The number of carbonyl (C=O) groups excluding carboxylic acids is 1. The fourth-order valence-corrected chi connectivity index (χ4v) is 7.01. The molecule has 1 aromatic heterocycles. The number of urea groups is 1. The van der Waals surface area contributed by atoms with E-state index in [1.165, 1.54) is 17.4 Å². The SMILES string of the molecule is CC(C)(C)NS(=O)(=O)c1cc(NC(=O)NCc2ccccc2)ccc1-c1cnc(C2CCC(NC(=O)O)CO2)s1. The van der Waals surface area contributed by atoms with Crippen LogP contribution in [-0.2, 0) is 21.3 Å². The molecule has 1 saturated heterocycles. The third kappa shape index (κ3) is 8.01. The van der Waals surface area contributed by atoms with Gasteiger partial charge < -0.3 is 25.8 Å². The molecule has 2 unspecified atom stereocenters. The summed E-state index contributed by atoms with van der Waals surface area (Å²) < 4.78 is 35.5. The first-order chi connectivity index (χ1) is 18.9. The molecule has 3 aromatic rings. The van der Waals surface area contributed by atoms with Gasteiger partial charge in [0.1, 0.15) is 11.1 Å². The highest BCUT2D eigenvalue weighted by Gasteiger charge is 2.29. The molecule has 13 heteroatoms. The van der Waals surface area contributed by atoms with Crippen LogP contribution in [0, 0.1) is 0 Å². The molecule has 11 nitrogen and oxygen atoms in total. The lowest BCUT2D eigenvalue weighted by molar-refractivity contribution is -0.00315. The minimum atomic E-state index is -3.98. The van der Waals surface area contributed by atoms with Gasteiger partial charge in [0.15, 0.2) is 0 Å². The van der Waals surface area contributed by atoms with Gasteiger partial charge in [-0.2, -0.15) is 0 Å². The number of benzene rings is 2. The number of sulfonamides is 1. The third-order valence-corrected chi connectivity index (χ3v) is 8.85. The van der Waals surface area contributed by atoms with Crippen LogP contribution in [0.25, 0.3) is 10.4 Å². The summed E-state index contributed by atoms with van der Waals surface area (Å²) in [5.74, 6) is 0. The molecular weight excluding hydrogens is 554 g/mol. The van der Waals surface area contributed by atoms with Crippen molar-refractivity contribution in [1.29, 1.82) is 0 Å². The van der Waals surface area contributed by atoms with Gasteiger partial charge in [-0.25, -0.2) is 27.7 Å². The summed E-state index contributed by atoms with van der Waals surface area (Å²) in [5, 5.41) is 17.5. The van der Waals surface area contributed by atoms with Crippen molar-refractivity contribution in [3.63, 3.8) is 0 Å². The zero-order valence-electron chi connectivity index (χ0n) is 22.4. The second-order valence-electron chi connectivity index (χ2n) is 10.5. The molecule has 0 aliphatic carbocycles. The van der Waals surface area contributed by atoms with Gasteiger partial charge in [-0.1, -0.05) is 36.4 Å². The Labute approximate surface area is 237 Å². The van der Waals surface area contributed by atoms with Gasteiger partial charge >= 0.3 is 12.1 Å². The highest BCUT2D eigenvalue weighted by Crippen LogP contribution is 2.38. The first kappa shape index (κ1) is 29.5. The molecule has 214 valence electrons. The lowest BCUT2D eigenvalue weighted by atomic mass is 10.1. The number of rotatable bonds is 8. The molecule has 5 N–H and O–H groups in total. The van der Waals surface area contributed by atoms with Gasteiger partial charge in [-0.05, 0) is 51.3 Å². The van der Waals surface area contributed by atoms with E-state index in [0.29, 0.717) is 40.5 Å². The zero-order valence-corrected chi connectivity index (χ0v) is 24.1. The second-order valence-corrected chi connectivity index (χ2v) is 13.2. The number of anilines is 1. The molecule has 2 aromatic carbocycles. The van der Waals surface area contributed by atoms with Gasteiger partial charge in [-0.3, -0.25) is 0 Å². The minimum Gasteiger partial charge on any atom is -0.465 e. The lowest BCUT2D eigenvalue weighted by Gasteiger charge is -2.27. The van der Waals surface area contributed by atoms with Crippen molar-refractivity contribution in [2.45, 2.75) is 62.7 Å². The Morgan fingerprint density at radius 1 is 1.12 bits per heavy atom. The van der Waals surface area contributed by atoms with E-state index in [1.807, 2.05) is 30.3 Å². The first-order valence-corrected chi connectivity index (χ1v) is 15.0. The molecular formula is C27H33N5O6S2. The molecule has 2 atom stereocenters. The molecule has 0 radical (unpaired) electrons. The molecule has 0 spiro atoms. The van der Waals surface area contributed by atoms with Crippen molar-refractivity contribution in [1.82, 2.24) is 20.3 Å². The van der Waals surface area contributed by atoms with Crippen LogP contribution in [-0.4, -0.2) is 48.8 Å². The number of nitrogens with zero attached hydrogens (tertiary/aromatic N) is 1. The van der Waals surface area contributed by atoms with E-state index in [-0.39, 0.29) is 23.6 Å². The molecule has 1 aliphatic rings. The van der Waals surface area contributed by atoms with E-state index in [0.717, 1.165) is 5.56 Å². The summed E-state index contributed by atoms with van der Waals surface area (Å²) in [6, 6.07) is 13.4. The van der Waals surface area contributed by atoms with E-state index in [9.17, 15) is 18.0 Å². The summed E-state index contributed by atoms with van der Waals surface area (Å²) >= 11 is 1.32. The van der Waals surface area contributed by atoms with E-state index < -0.39 is 27.7 Å². The maximum atomic E-state index is 13.5. The average Bonchev–Trinajstić information content (AvgIpc) is 3.37. The van der Waals surface area contributed by atoms with E-state index >= 15 is 0 Å². The van der Waals surface area contributed by atoms with E-state index in [2.05, 4.69) is 25.7 Å². The maximum Gasteiger partial charge on any atom is 0.404 e. The monoisotopic (exact) mass is 587 g/mol. The summed E-state index contributed by atoms with van der Waals surface area (Å²) in [6.07, 6.45) is 1.39. The van der Waals surface area contributed by atoms with Crippen LogP contribution < -0.4 is 20.7 Å². The van der Waals surface area contributed by atoms with Gasteiger partial charge in [-0.15, -0.1) is 11.3 Å². The van der Waals surface area contributed by atoms with Gasteiger partial charge in [0, 0.05) is 29.5 Å². The second kappa shape index (κ2) is 12.3. The van der Waals surface area contributed by atoms with Crippen LogP contribution in [0.3, 0.4) is 0 Å². The number of nitrogens with one attached hydrogen (secondary N) is 4. The number of carboxylic acid groups (broad SMARTS) is 1. The Kier molecular flexibility index (Phi) is 9.08. The fourth-order valence-electron chi connectivity index (χ4n) is 4.23. The summed E-state index contributed by atoms with van der Waals surface area (Å²) in [4.78, 5) is 28.6. The lowest BCUT2D eigenvalue weighted by Crippen LogP contribution is -2.40. The molecule has 1 aliphatic heterocycles. The number of thiazole rings is 1. The largest absolute Gasteiger partial charge is 0.465 e. The number of hydrogen-bond donors (Lipinski definition) is 5. The first-order valence-electron chi connectivity index (χ1n) is 12.7. The Morgan fingerprint density at radius 3 is 2.52 bits per heavy atom. The molecule has 3 amide bonds. The number of ether oxygens (including phenoxy) is 1. The number of aromatic nitrogens is 1. The smallest absolute Gasteiger partial charge is 0.404 e. The Morgan fingerprint density at radius 2 is 1.88 bits per heavy atom. The Bertz CT molecular complexity index is 1450. The van der Waals surface area contributed by atoms with Crippen molar-refractivity contribution in [2.75, 3.05) is 11.9 Å². The molecule has 1 fully saturated rings. The number of hydrogen-bond acceptors (Lipinski definition) is 7. The summed E-state index contributed by atoms with van der Waals surface area (Å²) in [5.41, 5.74) is 0.960. The van der Waals surface area contributed by atoms with Crippen molar-refractivity contribution >= 4 is 39.2 Å². The third-order valence-electron chi connectivity index (χ3n) is 5.93. The van der Waals surface area contributed by atoms with Crippen LogP contribution in [0.4, 0.5) is 15.3 Å². The topological polar surface area (TPSA) is 159 Å². The summed E-state index contributed by atoms with van der Waals surface area (Å²) in [7, 11) is -3.98. The van der Waals surface area contributed by atoms with Gasteiger partial charge in [0.2, 0.25) is 10.0 Å². The molecule has 40 heavy (non-hydrogen) atoms. The highest BCUT2D eigenvalue weighted by molar-refractivity contribution is 7.89. The van der Waals surface area contributed by atoms with Gasteiger partial charge in [0.25, 0.3) is 0 Å². The Hall–Kier alpha value is -3.52. The Balaban J connectivity index is 1.56. The number of amides is 3. The predicted octanol–water partition coefficient (Wildman–Crippen LogP) is 4.70. The van der Waals surface area contributed by atoms with Crippen LogP contribution in [0.2, 0.25) is 0 Å². The minimum absolute atomic E-state index is 0.00812. The number of carbonyl (C=O) groups is 2. The van der Waals surface area contributed by atoms with Crippen molar-refractivity contribution < 1.29 is 27.9 Å². The molecule has 0 bridgehead atoms. The van der Waals surface area contributed by atoms with Crippen LogP contribution >= 0.6 is 11.3 Å². The van der Waals surface area contributed by atoms with Crippen molar-refractivity contribution in [2.24, 2.45) is 0 Å².